The lowest BCUT2D eigenvalue weighted by Gasteiger charge is -2.17. The lowest BCUT2D eigenvalue weighted by molar-refractivity contribution is 0.566. The van der Waals surface area contributed by atoms with Crippen molar-refractivity contribution in [1.29, 1.82) is 0 Å². The van der Waals surface area contributed by atoms with E-state index in [2.05, 4.69) is 43.4 Å². The molecule has 2 rings (SSSR count). The van der Waals surface area contributed by atoms with E-state index in [1.165, 1.54) is 24.8 Å². The third kappa shape index (κ3) is 2.60. The second-order valence-electron chi connectivity index (χ2n) is 4.58. The normalized spacial score (nSPS) is 17.7. The van der Waals surface area contributed by atoms with Crippen molar-refractivity contribution in [3.05, 3.63) is 35.4 Å². The van der Waals surface area contributed by atoms with Crippen LogP contribution in [0, 0.1) is 0 Å². The van der Waals surface area contributed by atoms with Crippen LogP contribution in [0.15, 0.2) is 24.3 Å². The van der Waals surface area contributed by atoms with Gasteiger partial charge in [-0.1, -0.05) is 31.2 Å². The topological polar surface area (TPSA) is 12.0 Å². The van der Waals surface area contributed by atoms with Gasteiger partial charge in [0, 0.05) is 6.04 Å². The van der Waals surface area contributed by atoms with E-state index in [1.54, 1.807) is 5.56 Å². The molecule has 1 aliphatic carbocycles. The van der Waals surface area contributed by atoms with Crippen molar-refractivity contribution < 1.29 is 0 Å². The van der Waals surface area contributed by atoms with Crippen LogP contribution in [0.5, 0.6) is 0 Å². The lowest BCUT2D eigenvalue weighted by atomic mass is 9.98. The number of hydrogen-bond acceptors (Lipinski definition) is 1. The average molecular weight is 203 g/mol. The highest BCUT2D eigenvalue weighted by atomic mass is 14.9. The molecule has 1 fully saturated rings. The van der Waals surface area contributed by atoms with Crippen molar-refractivity contribution in [1.82, 2.24) is 5.32 Å². The molecule has 1 unspecified atom stereocenters. The summed E-state index contributed by atoms with van der Waals surface area (Å²) in [4.78, 5) is 0. The van der Waals surface area contributed by atoms with Gasteiger partial charge in [-0.15, -0.1) is 0 Å². The van der Waals surface area contributed by atoms with Crippen LogP contribution in [0.3, 0.4) is 0 Å². The van der Waals surface area contributed by atoms with E-state index >= 15 is 0 Å². The maximum Gasteiger partial charge on any atom is 0.0294 e. The van der Waals surface area contributed by atoms with Crippen LogP contribution in [-0.4, -0.2) is 6.54 Å². The molecule has 0 radical (unpaired) electrons. The smallest absolute Gasteiger partial charge is 0.0294 e. The monoisotopic (exact) mass is 203 g/mol. The van der Waals surface area contributed by atoms with Crippen LogP contribution in [-0.2, 0) is 0 Å². The van der Waals surface area contributed by atoms with E-state index in [0.717, 1.165) is 12.5 Å². The van der Waals surface area contributed by atoms with Crippen molar-refractivity contribution in [3.8, 4) is 0 Å². The lowest BCUT2D eigenvalue weighted by Crippen LogP contribution is -2.20. The molecule has 0 saturated heterocycles. The zero-order chi connectivity index (χ0) is 10.7. The van der Waals surface area contributed by atoms with Crippen molar-refractivity contribution in [3.63, 3.8) is 0 Å². The van der Waals surface area contributed by atoms with Crippen LogP contribution in [0.2, 0.25) is 0 Å². The molecule has 1 aromatic rings. The first-order chi connectivity index (χ1) is 7.33. The quantitative estimate of drug-likeness (QED) is 0.770. The molecule has 0 aliphatic heterocycles. The summed E-state index contributed by atoms with van der Waals surface area (Å²) in [6.45, 7) is 5.60. The summed E-state index contributed by atoms with van der Waals surface area (Å²) in [5, 5.41) is 3.57. The van der Waals surface area contributed by atoms with Gasteiger partial charge in [0.05, 0.1) is 0 Å². The molecule has 0 spiro atoms. The van der Waals surface area contributed by atoms with Crippen LogP contribution in [0.1, 0.15) is 56.2 Å². The molecular formula is C14H21N. The zero-order valence-electron chi connectivity index (χ0n) is 9.79. The van der Waals surface area contributed by atoms with Crippen molar-refractivity contribution in [2.75, 3.05) is 6.54 Å². The van der Waals surface area contributed by atoms with Gasteiger partial charge in [-0.05, 0) is 49.8 Å². The van der Waals surface area contributed by atoms with Gasteiger partial charge in [0.1, 0.15) is 0 Å². The summed E-state index contributed by atoms with van der Waals surface area (Å²) in [6.07, 6.45) is 3.98. The molecular weight excluding hydrogens is 182 g/mol. The fourth-order valence-electron chi connectivity index (χ4n) is 2.14. The van der Waals surface area contributed by atoms with E-state index in [-0.39, 0.29) is 0 Å². The highest BCUT2D eigenvalue weighted by Crippen LogP contribution is 2.42. The highest BCUT2D eigenvalue weighted by Gasteiger charge is 2.26. The largest absolute Gasteiger partial charge is 0.310 e. The maximum atomic E-state index is 3.57. The summed E-state index contributed by atoms with van der Waals surface area (Å²) in [5.74, 6) is 0.854. The molecule has 1 heteroatoms. The van der Waals surface area contributed by atoms with Gasteiger partial charge < -0.3 is 5.32 Å². The van der Waals surface area contributed by atoms with Crippen LogP contribution in [0.25, 0.3) is 0 Å². The van der Waals surface area contributed by atoms with Gasteiger partial charge in [0.25, 0.3) is 0 Å². The first-order valence-corrected chi connectivity index (χ1v) is 6.15. The molecule has 1 aromatic carbocycles. The third-order valence-electron chi connectivity index (χ3n) is 3.18. The average Bonchev–Trinajstić information content (AvgIpc) is 3.09. The minimum Gasteiger partial charge on any atom is -0.310 e. The molecule has 82 valence electrons. The van der Waals surface area contributed by atoms with E-state index < -0.39 is 0 Å². The molecule has 1 N–H and O–H groups in total. The van der Waals surface area contributed by atoms with Crippen LogP contribution in [0.4, 0.5) is 0 Å². The molecule has 1 nitrogen and oxygen atoms in total. The van der Waals surface area contributed by atoms with Crippen LogP contribution >= 0.6 is 0 Å². The van der Waals surface area contributed by atoms with Crippen LogP contribution < -0.4 is 5.32 Å². The second-order valence-corrected chi connectivity index (χ2v) is 4.58. The Morgan fingerprint density at radius 2 is 2.07 bits per heavy atom. The van der Waals surface area contributed by atoms with Crippen molar-refractivity contribution in [2.24, 2.45) is 0 Å². The summed E-state index contributed by atoms with van der Waals surface area (Å²) < 4.78 is 0. The van der Waals surface area contributed by atoms with Gasteiger partial charge in [-0.2, -0.15) is 0 Å². The maximum absolute atomic E-state index is 3.57. The fourth-order valence-corrected chi connectivity index (χ4v) is 2.14. The first kappa shape index (κ1) is 10.7. The summed E-state index contributed by atoms with van der Waals surface area (Å²) >= 11 is 0. The minimum atomic E-state index is 0.502. The van der Waals surface area contributed by atoms with Gasteiger partial charge in [0.15, 0.2) is 0 Å². The van der Waals surface area contributed by atoms with Gasteiger partial charge in [-0.3, -0.25) is 0 Å². The standard InChI is InChI=1S/C14H21N/c1-3-10-15-11(2)13-6-4-5-7-14(13)12-8-9-12/h4-7,11-12,15H,3,8-10H2,1-2H3. The molecule has 0 heterocycles. The van der Waals surface area contributed by atoms with E-state index in [1.807, 2.05) is 0 Å². The molecule has 0 bridgehead atoms. The Balaban J connectivity index is 2.11. The second kappa shape index (κ2) is 4.80. The Labute approximate surface area is 92.9 Å². The molecule has 1 saturated carbocycles. The SMILES string of the molecule is CCCNC(C)c1ccccc1C1CC1. The number of nitrogens with one attached hydrogen (secondary N) is 1. The molecule has 1 atom stereocenters. The zero-order valence-corrected chi connectivity index (χ0v) is 9.79. The van der Waals surface area contributed by atoms with Gasteiger partial charge >= 0.3 is 0 Å². The fraction of sp³-hybridized carbons (Fsp3) is 0.571. The highest BCUT2D eigenvalue weighted by molar-refractivity contribution is 5.35. The van der Waals surface area contributed by atoms with E-state index in [0.29, 0.717) is 6.04 Å². The Kier molecular flexibility index (Phi) is 3.42. The molecule has 0 amide bonds. The van der Waals surface area contributed by atoms with Crippen molar-refractivity contribution in [2.45, 2.75) is 45.1 Å². The third-order valence-corrected chi connectivity index (χ3v) is 3.18. The van der Waals surface area contributed by atoms with E-state index in [9.17, 15) is 0 Å². The molecule has 1 aliphatic rings. The number of benzene rings is 1. The van der Waals surface area contributed by atoms with Gasteiger partial charge in [-0.25, -0.2) is 0 Å². The van der Waals surface area contributed by atoms with E-state index in [4.69, 9.17) is 0 Å². The number of rotatable bonds is 5. The Bertz CT molecular complexity index is 315. The predicted octanol–water partition coefficient (Wildman–Crippen LogP) is 3.62. The summed E-state index contributed by atoms with van der Waals surface area (Å²) in [6, 6.07) is 9.41. The Morgan fingerprint density at radius 1 is 1.33 bits per heavy atom. The first-order valence-electron chi connectivity index (χ1n) is 6.15. The molecule has 15 heavy (non-hydrogen) atoms. The van der Waals surface area contributed by atoms with Gasteiger partial charge in [0.2, 0.25) is 0 Å². The summed E-state index contributed by atoms with van der Waals surface area (Å²) in [5.41, 5.74) is 3.09. The minimum absolute atomic E-state index is 0.502. The Morgan fingerprint density at radius 3 is 2.73 bits per heavy atom. The number of hydrogen-bond donors (Lipinski definition) is 1. The molecule has 0 aromatic heterocycles. The summed E-state index contributed by atoms with van der Waals surface area (Å²) in [7, 11) is 0. The van der Waals surface area contributed by atoms with Crippen molar-refractivity contribution >= 4 is 0 Å². The Hall–Kier alpha value is -0.820. The predicted molar refractivity (Wildman–Crippen MR) is 65.1 cm³/mol.